The molecule has 1 aromatic heterocycles. The van der Waals surface area contributed by atoms with Crippen molar-refractivity contribution < 1.29 is 4.39 Å². The molecule has 6 heteroatoms. The minimum absolute atomic E-state index is 0.0557. The highest BCUT2D eigenvalue weighted by atomic mass is 35.5. The number of aryl methyl sites for hydroxylation is 1. The third-order valence-electron chi connectivity index (χ3n) is 3.05. The second-order valence-electron chi connectivity index (χ2n) is 4.31. The lowest BCUT2D eigenvalue weighted by Gasteiger charge is -2.14. The summed E-state index contributed by atoms with van der Waals surface area (Å²) in [6, 6.07) is 4.80. The molecule has 0 fully saturated rings. The zero-order valence-corrected chi connectivity index (χ0v) is 11.7. The van der Waals surface area contributed by atoms with E-state index >= 15 is 0 Å². The van der Waals surface area contributed by atoms with E-state index in [-0.39, 0.29) is 11.1 Å². The van der Waals surface area contributed by atoms with Gasteiger partial charge in [0.1, 0.15) is 18.0 Å². The van der Waals surface area contributed by atoms with Gasteiger partial charge in [-0.2, -0.15) is 0 Å². The van der Waals surface area contributed by atoms with Gasteiger partial charge in [0.05, 0.1) is 11.6 Å². The van der Waals surface area contributed by atoms with Gasteiger partial charge in [-0.25, -0.2) is 4.39 Å². The van der Waals surface area contributed by atoms with E-state index in [1.165, 1.54) is 6.07 Å². The summed E-state index contributed by atoms with van der Waals surface area (Å²) in [6.07, 6.45) is 1.70. The van der Waals surface area contributed by atoms with Crippen LogP contribution >= 0.6 is 11.6 Å². The summed E-state index contributed by atoms with van der Waals surface area (Å²) in [4.78, 5) is 0. The molecule has 0 radical (unpaired) electrons. The maximum Gasteiger partial charge on any atom is 0.146 e. The van der Waals surface area contributed by atoms with Gasteiger partial charge in [0.25, 0.3) is 0 Å². The van der Waals surface area contributed by atoms with Crippen molar-refractivity contribution >= 4 is 11.6 Å². The maximum absolute atomic E-state index is 13.1. The van der Waals surface area contributed by atoms with Crippen LogP contribution in [0.1, 0.15) is 31.3 Å². The average Bonchev–Trinajstić information content (AvgIpc) is 2.86. The fraction of sp³-hybridized carbons (Fsp3) is 0.385. The molecule has 0 spiro atoms. The first-order chi connectivity index (χ1) is 9.11. The van der Waals surface area contributed by atoms with E-state index in [2.05, 4.69) is 15.5 Å². The molecular weight excluding hydrogens is 267 g/mol. The van der Waals surface area contributed by atoms with Crippen LogP contribution in [0.4, 0.5) is 4.39 Å². The number of hydrogen-bond donors (Lipinski definition) is 1. The van der Waals surface area contributed by atoms with E-state index in [1.54, 1.807) is 18.5 Å². The molecule has 1 aromatic carbocycles. The SMILES string of the molecule is CCn1cnnc1CNC(C)c1ccc(F)c(Cl)c1. The van der Waals surface area contributed by atoms with Gasteiger partial charge in [0, 0.05) is 12.6 Å². The minimum Gasteiger partial charge on any atom is -0.317 e. The Morgan fingerprint density at radius 3 is 2.95 bits per heavy atom. The van der Waals surface area contributed by atoms with Crippen LogP contribution in [0.3, 0.4) is 0 Å². The molecule has 2 rings (SSSR count). The molecule has 0 amide bonds. The highest BCUT2D eigenvalue weighted by molar-refractivity contribution is 6.30. The van der Waals surface area contributed by atoms with Crippen LogP contribution in [0.5, 0.6) is 0 Å². The number of rotatable bonds is 5. The normalized spacial score (nSPS) is 12.6. The van der Waals surface area contributed by atoms with E-state index in [1.807, 2.05) is 18.4 Å². The summed E-state index contributed by atoms with van der Waals surface area (Å²) in [5, 5.41) is 11.4. The first kappa shape index (κ1) is 14.0. The predicted molar refractivity (Wildman–Crippen MR) is 72.4 cm³/mol. The molecule has 1 N–H and O–H groups in total. The van der Waals surface area contributed by atoms with Gasteiger partial charge in [-0.3, -0.25) is 0 Å². The fourth-order valence-corrected chi connectivity index (χ4v) is 2.01. The van der Waals surface area contributed by atoms with Gasteiger partial charge in [-0.05, 0) is 31.5 Å². The molecule has 102 valence electrons. The zero-order valence-electron chi connectivity index (χ0n) is 10.9. The molecule has 1 atom stereocenters. The van der Waals surface area contributed by atoms with Gasteiger partial charge in [-0.15, -0.1) is 10.2 Å². The first-order valence-electron chi connectivity index (χ1n) is 6.16. The summed E-state index contributed by atoms with van der Waals surface area (Å²) in [6.45, 7) is 5.47. The molecule has 0 aliphatic rings. The molecule has 2 aromatic rings. The Bertz CT molecular complexity index is 555. The largest absolute Gasteiger partial charge is 0.317 e. The number of nitrogens with zero attached hydrogens (tertiary/aromatic N) is 3. The Labute approximate surface area is 116 Å². The van der Waals surface area contributed by atoms with Crippen LogP contribution in [0.25, 0.3) is 0 Å². The standard InChI is InChI=1S/C13H16ClFN4/c1-3-19-8-17-18-13(19)7-16-9(2)10-4-5-12(15)11(14)6-10/h4-6,8-9,16H,3,7H2,1-2H3. The summed E-state index contributed by atoms with van der Waals surface area (Å²) in [7, 11) is 0. The topological polar surface area (TPSA) is 42.7 Å². The second kappa shape index (κ2) is 6.12. The van der Waals surface area contributed by atoms with Crippen LogP contribution in [-0.4, -0.2) is 14.8 Å². The number of halogens is 2. The molecule has 0 bridgehead atoms. The molecule has 0 aliphatic heterocycles. The van der Waals surface area contributed by atoms with Crippen molar-refractivity contribution in [3.8, 4) is 0 Å². The average molecular weight is 283 g/mol. The molecule has 0 saturated carbocycles. The molecule has 0 saturated heterocycles. The molecule has 1 unspecified atom stereocenters. The lowest BCUT2D eigenvalue weighted by Crippen LogP contribution is -2.20. The first-order valence-corrected chi connectivity index (χ1v) is 6.54. The molecule has 4 nitrogen and oxygen atoms in total. The van der Waals surface area contributed by atoms with Crippen molar-refractivity contribution in [1.82, 2.24) is 20.1 Å². The molecular formula is C13H16ClFN4. The minimum atomic E-state index is -0.400. The van der Waals surface area contributed by atoms with Crippen molar-refractivity contribution in [2.75, 3.05) is 0 Å². The number of hydrogen-bond acceptors (Lipinski definition) is 3. The van der Waals surface area contributed by atoms with Crippen molar-refractivity contribution in [1.29, 1.82) is 0 Å². The Hall–Kier alpha value is -1.46. The number of benzene rings is 1. The van der Waals surface area contributed by atoms with Crippen LogP contribution < -0.4 is 5.32 Å². The monoisotopic (exact) mass is 282 g/mol. The Kier molecular flexibility index (Phi) is 4.50. The van der Waals surface area contributed by atoms with Crippen LogP contribution in [0, 0.1) is 5.82 Å². The lowest BCUT2D eigenvalue weighted by atomic mass is 10.1. The summed E-state index contributed by atoms with van der Waals surface area (Å²) in [5.41, 5.74) is 0.939. The second-order valence-corrected chi connectivity index (χ2v) is 4.72. The van der Waals surface area contributed by atoms with Crippen molar-refractivity contribution in [3.63, 3.8) is 0 Å². The Morgan fingerprint density at radius 2 is 2.26 bits per heavy atom. The van der Waals surface area contributed by atoms with E-state index in [0.717, 1.165) is 17.9 Å². The predicted octanol–water partition coefficient (Wildman–Crippen LogP) is 2.94. The van der Waals surface area contributed by atoms with Gasteiger partial charge in [0.15, 0.2) is 0 Å². The zero-order chi connectivity index (χ0) is 13.8. The fourth-order valence-electron chi connectivity index (χ4n) is 1.82. The lowest BCUT2D eigenvalue weighted by molar-refractivity contribution is 0.538. The van der Waals surface area contributed by atoms with Crippen molar-refractivity contribution in [2.24, 2.45) is 0 Å². The quantitative estimate of drug-likeness (QED) is 0.917. The Balaban J connectivity index is 2.01. The third kappa shape index (κ3) is 3.30. The van der Waals surface area contributed by atoms with Crippen molar-refractivity contribution in [3.05, 3.63) is 46.8 Å². The van der Waals surface area contributed by atoms with Gasteiger partial charge in [0.2, 0.25) is 0 Å². The van der Waals surface area contributed by atoms with Gasteiger partial charge < -0.3 is 9.88 Å². The maximum atomic E-state index is 13.1. The van der Waals surface area contributed by atoms with Crippen LogP contribution in [0.15, 0.2) is 24.5 Å². The van der Waals surface area contributed by atoms with E-state index in [0.29, 0.717) is 6.54 Å². The number of nitrogens with one attached hydrogen (secondary N) is 1. The van der Waals surface area contributed by atoms with Crippen LogP contribution in [-0.2, 0) is 13.1 Å². The summed E-state index contributed by atoms with van der Waals surface area (Å²) < 4.78 is 15.1. The van der Waals surface area contributed by atoms with Gasteiger partial charge in [-0.1, -0.05) is 17.7 Å². The third-order valence-corrected chi connectivity index (χ3v) is 3.34. The van der Waals surface area contributed by atoms with E-state index in [4.69, 9.17) is 11.6 Å². The van der Waals surface area contributed by atoms with E-state index in [9.17, 15) is 4.39 Å². The van der Waals surface area contributed by atoms with Crippen LogP contribution in [0.2, 0.25) is 5.02 Å². The Morgan fingerprint density at radius 1 is 1.47 bits per heavy atom. The van der Waals surface area contributed by atoms with E-state index < -0.39 is 5.82 Å². The summed E-state index contributed by atoms with van der Waals surface area (Å²) in [5.74, 6) is 0.478. The van der Waals surface area contributed by atoms with Gasteiger partial charge >= 0.3 is 0 Å². The molecule has 1 heterocycles. The smallest absolute Gasteiger partial charge is 0.146 e. The molecule has 19 heavy (non-hydrogen) atoms. The van der Waals surface area contributed by atoms with Crippen molar-refractivity contribution in [2.45, 2.75) is 33.0 Å². The molecule has 0 aliphatic carbocycles. The summed E-state index contributed by atoms with van der Waals surface area (Å²) >= 11 is 5.78. The highest BCUT2D eigenvalue weighted by Crippen LogP contribution is 2.20. The number of aromatic nitrogens is 3. The highest BCUT2D eigenvalue weighted by Gasteiger charge is 2.09.